The number of rotatable bonds is 2. The second kappa shape index (κ2) is 4.28. The van der Waals surface area contributed by atoms with Crippen LogP contribution in [-0.2, 0) is 0 Å². The van der Waals surface area contributed by atoms with Crippen LogP contribution in [0.3, 0.4) is 0 Å². The van der Waals surface area contributed by atoms with E-state index in [0.29, 0.717) is 17.8 Å². The summed E-state index contributed by atoms with van der Waals surface area (Å²) in [7, 11) is 0. The maximum Gasteiger partial charge on any atom is 0.0610 e. The van der Waals surface area contributed by atoms with Crippen LogP contribution in [0, 0.1) is 17.8 Å². The molecule has 1 heteroatoms. The van der Waals surface area contributed by atoms with E-state index in [-0.39, 0.29) is 6.10 Å². The van der Waals surface area contributed by atoms with E-state index in [4.69, 9.17) is 0 Å². The van der Waals surface area contributed by atoms with Gasteiger partial charge in [0.05, 0.1) is 6.10 Å². The summed E-state index contributed by atoms with van der Waals surface area (Å²) >= 11 is 0. The van der Waals surface area contributed by atoms with E-state index in [1.54, 1.807) is 0 Å². The Balaban J connectivity index is 2.63. The summed E-state index contributed by atoms with van der Waals surface area (Å²) in [6.07, 6.45) is 4.18. The van der Waals surface area contributed by atoms with Gasteiger partial charge < -0.3 is 5.11 Å². The summed E-state index contributed by atoms with van der Waals surface area (Å²) in [5.41, 5.74) is 1.43. The standard InChI is InChI=1S/C12H22O/c1-8(2)10-5-6-11(9(3)4)12(13)7-10/h5,8-9,11-13H,6-7H2,1-4H3. The number of aliphatic hydroxyl groups excluding tert-OH is 1. The summed E-state index contributed by atoms with van der Waals surface area (Å²) in [6.45, 7) is 8.80. The van der Waals surface area contributed by atoms with Gasteiger partial charge >= 0.3 is 0 Å². The van der Waals surface area contributed by atoms with E-state index in [1.165, 1.54) is 5.57 Å². The highest BCUT2D eigenvalue weighted by molar-refractivity contribution is 5.11. The summed E-state index contributed by atoms with van der Waals surface area (Å²) in [4.78, 5) is 0. The van der Waals surface area contributed by atoms with Crippen molar-refractivity contribution < 1.29 is 5.11 Å². The Labute approximate surface area is 81.9 Å². The normalized spacial score (nSPS) is 29.6. The second-order valence-electron chi connectivity index (χ2n) is 4.85. The molecule has 13 heavy (non-hydrogen) atoms. The molecule has 1 aliphatic rings. The van der Waals surface area contributed by atoms with Crippen molar-refractivity contribution in [1.82, 2.24) is 0 Å². The predicted molar refractivity (Wildman–Crippen MR) is 56.5 cm³/mol. The molecular formula is C12H22O. The molecule has 0 fully saturated rings. The quantitative estimate of drug-likeness (QED) is 0.651. The highest BCUT2D eigenvalue weighted by Gasteiger charge is 2.26. The molecular weight excluding hydrogens is 160 g/mol. The maximum absolute atomic E-state index is 9.92. The van der Waals surface area contributed by atoms with Gasteiger partial charge in [-0.3, -0.25) is 0 Å². The van der Waals surface area contributed by atoms with Crippen molar-refractivity contribution in [3.05, 3.63) is 11.6 Å². The molecule has 0 aromatic carbocycles. The Morgan fingerprint density at radius 2 is 1.92 bits per heavy atom. The van der Waals surface area contributed by atoms with Gasteiger partial charge in [-0.25, -0.2) is 0 Å². The average molecular weight is 182 g/mol. The molecule has 1 rings (SSSR count). The van der Waals surface area contributed by atoms with Gasteiger partial charge in [-0.05, 0) is 30.6 Å². The molecule has 2 atom stereocenters. The molecule has 2 unspecified atom stereocenters. The smallest absolute Gasteiger partial charge is 0.0610 e. The fourth-order valence-electron chi connectivity index (χ4n) is 2.11. The first-order valence-corrected chi connectivity index (χ1v) is 5.39. The van der Waals surface area contributed by atoms with Gasteiger partial charge in [0.2, 0.25) is 0 Å². The van der Waals surface area contributed by atoms with Crippen molar-refractivity contribution in [2.45, 2.75) is 46.6 Å². The van der Waals surface area contributed by atoms with Crippen LogP contribution in [-0.4, -0.2) is 11.2 Å². The Morgan fingerprint density at radius 1 is 1.31 bits per heavy atom. The molecule has 0 bridgehead atoms. The van der Waals surface area contributed by atoms with Crippen molar-refractivity contribution in [3.8, 4) is 0 Å². The van der Waals surface area contributed by atoms with Gasteiger partial charge in [-0.2, -0.15) is 0 Å². The zero-order valence-corrected chi connectivity index (χ0v) is 9.25. The van der Waals surface area contributed by atoms with Gasteiger partial charge in [0.1, 0.15) is 0 Å². The Bertz CT molecular complexity index is 191. The van der Waals surface area contributed by atoms with Crippen LogP contribution in [0.15, 0.2) is 11.6 Å². The van der Waals surface area contributed by atoms with E-state index >= 15 is 0 Å². The summed E-state index contributed by atoms with van der Waals surface area (Å²) in [6, 6.07) is 0. The molecule has 0 aromatic rings. The molecule has 0 saturated heterocycles. The molecule has 1 nitrogen and oxygen atoms in total. The molecule has 0 saturated carbocycles. The van der Waals surface area contributed by atoms with E-state index in [2.05, 4.69) is 33.8 Å². The van der Waals surface area contributed by atoms with Crippen LogP contribution in [0.25, 0.3) is 0 Å². The van der Waals surface area contributed by atoms with Gasteiger partial charge in [0, 0.05) is 0 Å². The fourth-order valence-corrected chi connectivity index (χ4v) is 2.11. The van der Waals surface area contributed by atoms with Crippen LogP contribution in [0.1, 0.15) is 40.5 Å². The molecule has 1 N–H and O–H groups in total. The van der Waals surface area contributed by atoms with Crippen molar-refractivity contribution >= 4 is 0 Å². The predicted octanol–water partition coefficient (Wildman–Crippen LogP) is 3.00. The lowest BCUT2D eigenvalue weighted by Crippen LogP contribution is -2.29. The minimum atomic E-state index is -0.109. The summed E-state index contributed by atoms with van der Waals surface area (Å²) < 4.78 is 0. The first-order valence-electron chi connectivity index (χ1n) is 5.39. The first kappa shape index (κ1) is 10.8. The minimum absolute atomic E-state index is 0.109. The fraction of sp³-hybridized carbons (Fsp3) is 0.833. The molecule has 1 aliphatic carbocycles. The average Bonchev–Trinajstić information content (AvgIpc) is 2.03. The lowest BCUT2D eigenvalue weighted by atomic mass is 9.78. The van der Waals surface area contributed by atoms with Crippen molar-refractivity contribution in [1.29, 1.82) is 0 Å². The van der Waals surface area contributed by atoms with Gasteiger partial charge in [-0.15, -0.1) is 0 Å². The number of aliphatic hydroxyl groups is 1. The highest BCUT2D eigenvalue weighted by atomic mass is 16.3. The van der Waals surface area contributed by atoms with Gasteiger partial charge in [0.25, 0.3) is 0 Å². The zero-order valence-electron chi connectivity index (χ0n) is 9.25. The van der Waals surface area contributed by atoms with E-state index < -0.39 is 0 Å². The topological polar surface area (TPSA) is 20.2 Å². The van der Waals surface area contributed by atoms with E-state index in [9.17, 15) is 5.11 Å². The molecule has 0 heterocycles. The largest absolute Gasteiger partial charge is 0.392 e. The third-order valence-corrected chi connectivity index (χ3v) is 3.19. The van der Waals surface area contributed by atoms with E-state index in [0.717, 1.165) is 12.8 Å². The van der Waals surface area contributed by atoms with Crippen molar-refractivity contribution in [2.24, 2.45) is 17.8 Å². The highest BCUT2D eigenvalue weighted by Crippen LogP contribution is 2.32. The molecule has 76 valence electrons. The third-order valence-electron chi connectivity index (χ3n) is 3.19. The first-order chi connectivity index (χ1) is 6.02. The Hall–Kier alpha value is -0.300. The molecule has 0 amide bonds. The molecule has 0 spiro atoms. The van der Waals surface area contributed by atoms with Crippen LogP contribution >= 0.6 is 0 Å². The molecule has 0 aromatic heterocycles. The van der Waals surface area contributed by atoms with Gasteiger partial charge in [-0.1, -0.05) is 39.3 Å². The van der Waals surface area contributed by atoms with Crippen LogP contribution in [0.5, 0.6) is 0 Å². The monoisotopic (exact) mass is 182 g/mol. The van der Waals surface area contributed by atoms with Crippen molar-refractivity contribution in [2.75, 3.05) is 0 Å². The van der Waals surface area contributed by atoms with Crippen molar-refractivity contribution in [3.63, 3.8) is 0 Å². The SMILES string of the molecule is CC(C)C1=CCC(C(C)C)C(O)C1. The minimum Gasteiger partial charge on any atom is -0.392 e. The van der Waals surface area contributed by atoms with Crippen LogP contribution in [0.4, 0.5) is 0 Å². The lowest BCUT2D eigenvalue weighted by Gasteiger charge is -2.31. The summed E-state index contributed by atoms with van der Waals surface area (Å²) in [5.74, 6) is 1.67. The second-order valence-corrected chi connectivity index (χ2v) is 4.85. The Morgan fingerprint density at radius 3 is 2.31 bits per heavy atom. The third kappa shape index (κ3) is 2.57. The molecule has 0 radical (unpaired) electrons. The van der Waals surface area contributed by atoms with Crippen LogP contribution in [0.2, 0.25) is 0 Å². The number of allylic oxidation sites excluding steroid dienone is 1. The number of hydrogen-bond acceptors (Lipinski definition) is 1. The van der Waals surface area contributed by atoms with Gasteiger partial charge in [0.15, 0.2) is 0 Å². The number of hydrogen-bond donors (Lipinski definition) is 1. The maximum atomic E-state index is 9.92. The summed E-state index contributed by atoms with van der Waals surface area (Å²) in [5, 5.41) is 9.92. The van der Waals surface area contributed by atoms with Crippen LogP contribution < -0.4 is 0 Å². The van der Waals surface area contributed by atoms with E-state index in [1.807, 2.05) is 0 Å². The Kier molecular flexibility index (Phi) is 3.55. The lowest BCUT2D eigenvalue weighted by molar-refractivity contribution is 0.0743. The zero-order chi connectivity index (χ0) is 10.0. The molecule has 0 aliphatic heterocycles.